The summed E-state index contributed by atoms with van der Waals surface area (Å²) in [5.74, 6) is 0.781. The van der Waals surface area contributed by atoms with Crippen molar-refractivity contribution >= 4 is 42.8 Å². The normalized spacial score (nSPS) is 11.2. The Kier molecular flexibility index (Phi) is 5.62. The third-order valence-corrected chi connectivity index (χ3v) is 6.68. The van der Waals surface area contributed by atoms with Crippen LogP contribution in [-0.2, 0) is 6.42 Å². The molecule has 0 amide bonds. The Bertz CT molecular complexity index is 1400. The first-order valence-electron chi connectivity index (χ1n) is 10.0. The van der Waals surface area contributed by atoms with Gasteiger partial charge in [-0.25, -0.2) is 4.39 Å². The molecule has 0 radical (unpaired) electrons. The average Bonchev–Trinajstić information content (AvgIpc) is 3.16. The summed E-state index contributed by atoms with van der Waals surface area (Å²) in [6.07, 6.45) is 0.573. The number of phenolic OH excluding ortho intramolecular Hbond substituents is 1. The average molecular weight is 552 g/mol. The van der Waals surface area contributed by atoms with Gasteiger partial charge >= 0.3 is 0 Å². The zero-order valence-corrected chi connectivity index (χ0v) is 20.0. The zero-order chi connectivity index (χ0) is 22.2. The molecule has 32 heavy (non-hydrogen) atoms. The van der Waals surface area contributed by atoms with Gasteiger partial charge in [0.05, 0.1) is 8.95 Å². The summed E-state index contributed by atoms with van der Waals surface area (Å²) in [5.41, 5.74) is 5.93. The Hall–Kier alpha value is -2.89. The first kappa shape index (κ1) is 21.0. The number of furan rings is 1. The Balaban J connectivity index is 1.57. The van der Waals surface area contributed by atoms with Crippen molar-refractivity contribution in [2.75, 3.05) is 0 Å². The van der Waals surface area contributed by atoms with Gasteiger partial charge in [0, 0.05) is 17.4 Å². The molecule has 0 bridgehead atoms. The molecule has 1 N–H and O–H groups in total. The number of hydrogen-bond acceptors (Lipinski definition) is 2. The topological polar surface area (TPSA) is 33.4 Å². The highest BCUT2D eigenvalue weighted by Gasteiger charge is 2.17. The minimum Gasteiger partial charge on any atom is -0.506 e. The monoisotopic (exact) mass is 550 g/mol. The lowest BCUT2D eigenvalue weighted by Crippen LogP contribution is -1.90. The number of hydrogen-bond donors (Lipinski definition) is 1. The Labute approximate surface area is 201 Å². The van der Waals surface area contributed by atoms with Gasteiger partial charge in [0.2, 0.25) is 0 Å². The molecule has 5 heteroatoms. The Morgan fingerprint density at radius 1 is 0.750 bits per heavy atom. The van der Waals surface area contributed by atoms with Crippen molar-refractivity contribution in [1.29, 1.82) is 0 Å². The van der Waals surface area contributed by atoms with E-state index in [1.807, 2.05) is 30.3 Å². The van der Waals surface area contributed by atoms with E-state index in [0.717, 1.165) is 44.5 Å². The first-order chi connectivity index (χ1) is 15.5. The molecule has 0 saturated carbocycles. The second kappa shape index (κ2) is 8.57. The number of fused-ring (bicyclic) bond motifs is 1. The quantitative estimate of drug-likeness (QED) is 0.242. The maximum atomic E-state index is 13.3. The number of rotatable bonds is 4. The fraction of sp³-hybridized carbons (Fsp3) is 0.0370. The van der Waals surface area contributed by atoms with Gasteiger partial charge in [0.15, 0.2) is 0 Å². The molecule has 5 rings (SSSR count). The van der Waals surface area contributed by atoms with E-state index in [4.69, 9.17) is 4.42 Å². The highest BCUT2D eigenvalue weighted by molar-refractivity contribution is 9.11. The van der Waals surface area contributed by atoms with Crippen molar-refractivity contribution in [1.82, 2.24) is 0 Å². The first-order valence-corrected chi connectivity index (χ1v) is 11.6. The molecular weight excluding hydrogens is 535 g/mol. The summed E-state index contributed by atoms with van der Waals surface area (Å²) < 4.78 is 20.8. The molecule has 0 saturated heterocycles. The molecule has 0 atom stereocenters. The summed E-state index contributed by atoms with van der Waals surface area (Å²) in [7, 11) is 0. The molecule has 0 spiro atoms. The minimum absolute atomic E-state index is 0.181. The summed E-state index contributed by atoms with van der Waals surface area (Å²) in [6, 6.07) is 26.6. The molecule has 5 aromatic rings. The largest absolute Gasteiger partial charge is 0.506 e. The molecule has 0 fully saturated rings. The van der Waals surface area contributed by atoms with Crippen LogP contribution in [0.3, 0.4) is 0 Å². The van der Waals surface area contributed by atoms with Crippen molar-refractivity contribution in [2.24, 2.45) is 0 Å². The van der Waals surface area contributed by atoms with Gasteiger partial charge in [-0.05, 0) is 84.4 Å². The zero-order valence-electron chi connectivity index (χ0n) is 16.8. The van der Waals surface area contributed by atoms with E-state index >= 15 is 0 Å². The molecule has 0 aliphatic carbocycles. The smallest absolute Gasteiger partial charge is 0.143 e. The SMILES string of the molecule is Oc1c(Br)cc(-c2ccc(-c3c(Cc4ccc(F)cc4)oc4ccccc34)cc2)cc1Br. The summed E-state index contributed by atoms with van der Waals surface area (Å²) in [6.45, 7) is 0. The molecule has 1 heterocycles. The van der Waals surface area contributed by atoms with Crippen LogP contribution in [0, 0.1) is 5.82 Å². The van der Waals surface area contributed by atoms with Crippen LogP contribution in [-0.4, -0.2) is 5.11 Å². The minimum atomic E-state index is -0.248. The molecule has 0 unspecified atom stereocenters. The third kappa shape index (κ3) is 3.98. The van der Waals surface area contributed by atoms with Crippen LogP contribution in [0.4, 0.5) is 4.39 Å². The van der Waals surface area contributed by atoms with Crippen molar-refractivity contribution in [3.05, 3.63) is 111 Å². The number of phenols is 1. The second-order valence-electron chi connectivity index (χ2n) is 7.57. The number of aromatic hydroxyl groups is 1. The number of halogens is 3. The molecule has 0 aliphatic rings. The van der Waals surface area contributed by atoms with Crippen molar-refractivity contribution in [2.45, 2.75) is 6.42 Å². The second-order valence-corrected chi connectivity index (χ2v) is 9.27. The predicted molar refractivity (Wildman–Crippen MR) is 133 cm³/mol. The van der Waals surface area contributed by atoms with Crippen molar-refractivity contribution < 1.29 is 13.9 Å². The van der Waals surface area contributed by atoms with Crippen molar-refractivity contribution in [3.8, 4) is 28.0 Å². The van der Waals surface area contributed by atoms with Gasteiger partial charge in [-0.3, -0.25) is 0 Å². The summed E-state index contributed by atoms with van der Waals surface area (Å²) in [5, 5.41) is 11.0. The van der Waals surface area contributed by atoms with E-state index in [9.17, 15) is 9.50 Å². The lowest BCUT2D eigenvalue weighted by molar-refractivity contribution is 0.468. The van der Waals surface area contributed by atoms with Crippen LogP contribution >= 0.6 is 31.9 Å². The lowest BCUT2D eigenvalue weighted by atomic mass is 9.96. The van der Waals surface area contributed by atoms with Crippen LogP contribution in [0.15, 0.2) is 98.3 Å². The third-order valence-electron chi connectivity index (χ3n) is 5.47. The lowest BCUT2D eigenvalue weighted by Gasteiger charge is -2.09. The molecular formula is C27H17Br2FO2. The summed E-state index contributed by atoms with van der Waals surface area (Å²) in [4.78, 5) is 0. The number of para-hydroxylation sites is 1. The summed E-state index contributed by atoms with van der Waals surface area (Å²) >= 11 is 6.79. The van der Waals surface area contributed by atoms with Crippen LogP contribution in [0.1, 0.15) is 11.3 Å². The van der Waals surface area contributed by atoms with Gasteiger partial charge in [0.1, 0.15) is 22.9 Å². The highest BCUT2D eigenvalue weighted by atomic mass is 79.9. The maximum absolute atomic E-state index is 13.3. The fourth-order valence-corrected chi connectivity index (χ4v) is 5.07. The number of benzene rings is 4. The molecule has 1 aromatic heterocycles. The van der Waals surface area contributed by atoms with E-state index in [2.05, 4.69) is 62.2 Å². The Morgan fingerprint density at radius 3 is 2.06 bits per heavy atom. The molecule has 2 nitrogen and oxygen atoms in total. The van der Waals surface area contributed by atoms with Gasteiger partial charge in [-0.2, -0.15) is 0 Å². The van der Waals surface area contributed by atoms with E-state index in [1.54, 1.807) is 12.1 Å². The van der Waals surface area contributed by atoms with Crippen LogP contribution < -0.4 is 0 Å². The predicted octanol–water partition coefficient (Wildman–Crippen LogP) is 8.73. The van der Waals surface area contributed by atoms with Crippen molar-refractivity contribution in [3.63, 3.8) is 0 Å². The molecule has 0 aliphatic heterocycles. The fourth-order valence-electron chi connectivity index (χ4n) is 3.89. The highest BCUT2D eigenvalue weighted by Crippen LogP contribution is 2.39. The van der Waals surface area contributed by atoms with Gasteiger partial charge < -0.3 is 9.52 Å². The van der Waals surface area contributed by atoms with E-state index in [-0.39, 0.29) is 11.6 Å². The van der Waals surface area contributed by atoms with E-state index in [1.165, 1.54) is 12.1 Å². The van der Waals surface area contributed by atoms with Gasteiger partial charge in [-0.15, -0.1) is 0 Å². The van der Waals surface area contributed by atoms with Crippen LogP contribution in [0.2, 0.25) is 0 Å². The molecule has 158 valence electrons. The Morgan fingerprint density at radius 2 is 1.38 bits per heavy atom. The van der Waals surface area contributed by atoms with Crippen LogP contribution in [0.5, 0.6) is 5.75 Å². The van der Waals surface area contributed by atoms with Gasteiger partial charge in [0.25, 0.3) is 0 Å². The van der Waals surface area contributed by atoms with E-state index < -0.39 is 0 Å². The standard InChI is InChI=1S/C27H17Br2FO2/c28-22-14-19(15-23(29)27(22)31)17-7-9-18(10-8-17)26-21-3-1-2-4-24(21)32-25(26)13-16-5-11-20(30)12-6-16/h1-12,14-15,31H,13H2. The van der Waals surface area contributed by atoms with Gasteiger partial charge in [-0.1, -0.05) is 54.6 Å². The van der Waals surface area contributed by atoms with Crippen LogP contribution in [0.25, 0.3) is 33.2 Å². The molecule has 4 aromatic carbocycles. The van der Waals surface area contributed by atoms with E-state index in [0.29, 0.717) is 15.4 Å². The maximum Gasteiger partial charge on any atom is 0.143 e.